The van der Waals surface area contributed by atoms with Gasteiger partial charge in [-0.2, -0.15) is 0 Å². The summed E-state index contributed by atoms with van der Waals surface area (Å²) in [5.41, 5.74) is 4.44. The number of hydrogen-bond acceptors (Lipinski definition) is 3. The molecule has 0 amide bonds. The molecule has 3 heterocycles. The van der Waals surface area contributed by atoms with Gasteiger partial charge in [-0.15, -0.1) is 0 Å². The summed E-state index contributed by atoms with van der Waals surface area (Å²) in [4.78, 5) is 21.3. The second-order valence-corrected chi connectivity index (χ2v) is 6.84. The van der Waals surface area contributed by atoms with Crippen molar-refractivity contribution in [3.63, 3.8) is 0 Å². The molecule has 4 heteroatoms. The van der Waals surface area contributed by atoms with Crippen molar-refractivity contribution in [2.75, 3.05) is 11.4 Å². The standard InChI is InChI=1S/C19H19N3O/c1-19(2)12-22(11-13-5-3-4-6-15(13)19)17-9-18(23)21-16-10-20-8-7-14(16)17/h3-10H,11-12H2,1-2H3,(H,21,23). The summed E-state index contributed by atoms with van der Waals surface area (Å²) in [7, 11) is 0. The van der Waals surface area contributed by atoms with Crippen molar-refractivity contribution >= 4 is 16.6 Å². The Morgan fingerprint density at radius 1 is 1.22 bits per heavy atom. The van der Waals surface area contributed by atoms with Gasteiger partial charge >= 0.3 is 0 Å². The fraction of sp³-hybridized carbons (Fsp3) is 0.263. The third-order valence-electron chi connectivity index (χ3n) is 4.66. The van der Waals surface area contributed by atoms with Crippen molar-refractivity contribution < 1.29 is 0 Å². The molecule has 0 bridgehead atoms. The highest BCUT2D eigenvalue weighted by Crippen LogP contribution is 2.36. The molecule has 0 radical (unpaired) electrons. The molecule has 1 aliphatic rings. The first-order valence-corrected chi connectivity index (χ1v) is 7.85. The zero-order valence-electron chi connectivity index (χ0n) is 13.3. The minimum Gasteiger partial charge on any atom is -0.366 e. The van der Waals surface area contributed by atoms with Crippen LogP contribution in [0, 0.1) is 0 Å². The molecule has 0 aliphatic carbocycles. The van der Waals surface area contributed by atoms with Gasteiger partial charge in [-0.3, -0.25) is 9.78 Å². The molecule has 0 spiro atoms. The fourth-order valence-electron chi connectivity index (χ4n) is 3.66. The van der Waals surface area contributed by atoms with E-state index in [9.17, 15) is 4.79 Å². The summed E-state index contributed by atoms with van der Waals surface area (Å²) < 4.78 is 0. The minimum atomic E-state index is -0.0860. The first kappa shape index (κ1) is 14.0. The third kappa shape index (κ3) is 2.31. The van der Waals surface area contributed by atoms with Gasteiger partial charge in [-0.25, -0.2) is 0 Å². The quantitative estimate of drug-likeness (QED) is 0.751. The molecule has 116 valence electrons. The van der Waals surface area contributed by atoms with Gasteiger partial charge in [0.1, 0.15) is 0 Å². The Kier molecular flexibility index (Phi) is 3.01. The molecule has 0 saturated carbocycles. The summed E-state index contributed by atoms with van der Waals surface area (Å²) >= 11 is 0. The summed E-state index contributed by atoms with van der Waals surface area (Å²) in [6, 6.07) is 12.2. The Bertz CT molecular complexity index is 942. The Hall–Kier alpha value is -2.62. The van der Waals surface area contributed by atoms with Crippen LogP contribution in [0.2, 0.25) is 0 Å². The Morgan fingerprint density at radius 3 is 2.91 bits per heavy atom. The van der Waals surface area contributed by atoms with E-state index < -0.39 is 0 Å². The molecular weight excluding hydrogens is 286 g/mol. The normalized spacial score (nSPS) is 16.3. The highest BCUT2D eigenvalue weighted by Gasteiger charge is 2.32. The van der Waals surface area contributed by atoms with Crippen LogP contribution in [0.1, 0.15) is 25.0 Å². The first-order valence-electron chi connectivity index (χ1n) is 7.85. The van der Waals surface area contributed by atoms with Crippen LogP contribution in [0.4, 0.5) is 5.69 Å². The Morgan fingerprint density at radius 2 is 2.04 bits per heavy atom. The minimum absolute atomic E-state index is 0.0385. The van der Waals surface area contributed by atoms with Crippen LogP contribution in [0.15, 0.2) is 53.6 Å². The molecule has 1 aliphatic heterocycles. The maximum atomic E-state index is 12.0. The van der Waals surface area contributed by atoms with Gasteiger partial charge in [-0.1, -0.05) is 38.1 Å². The lowest BCUT2D eigenvalue weighted by molar-refractivity contribution is 0.478. The van der Waals surface area contributed by atoms with E-state index in [0.717, 1.165) is 29.7 Å². The second kappa shape index (κ2) is 4.95. The van der Waals surface area contributed by atoms with Gasteiger partial charge in [0.05, 0.1) is 17.4 Å². The second-order valence-electron chi connectivity index (χ2n) is 6.84. The van der Waals surface area contributed by atoms with Gasteiger partial charge in [0, 0.05) is 36.2 Å². The van der Waals surface area contributed by atoms with Gasteiger partial charge in [0.25, 0.3) is 5.56 Å². The van der Waals surface area contributed by atoms with Crippen LogP contribution in [0.3, 0.4) is 0 Å². The number of fused-ring (bicyclic) bond motifs is 2. The van der Waals surface area contributed by atoms with E-state index in [1.54, 1.807) is 18.5 Å². The number of aromatic nitrogens is 2. The molecule has 2 aromatic heterocycles. The summed E-state index contributed by atoms with van der Waals surface area (Å²) in [6.45, 7) is 6.22. The van der Waals surface area contributed by atoms with Crippen molar-refractivity contribution in [1.29, 1.82) is 0 Å². The van der Waals surface area contributed by atoms with E-state index >= 15 is 0 Å². The maximum Gasteiger partial charge on any atom is 0.250 e. The first-order chi connectivity index (χ1) is 11.0. The molecule has 3 aromatic rings. The van der Waals surface area contributed by atoms with Gasteiger partial charge in [0.2, 0.25) is 0 Å². The van der Waals surface area contributed by atoms with E-state index in [-0.39, 0.29) is 11.0 Å². The number of nitrogens with one attached hydrogen (secondary N) is 1. The number of anilines is 1. The number of pyridine rings is 2. The summed E-state index contributed by atoms with van der Waals surface area (Å²) in [6.07, 6.45) is 3.48. The third-order valence-corrected chi connectivity index (χ3v) is 4.66. The lowest BCUT2D eigenvalue weighted by Crippen LogP contribution is -2.42. The number of aromatic amines is 1. The fourth-order valence-corrected chi connectivity index (χ4v) is 3.66. The van der Waals surface area contributed by atoms with Crippen LogP contribution < -0.4 is 10.5 Å². The largest absolute Gasteiger partial charge is 0.366 e. The maximum absolute atomic E-state index is 12.0. The molecule has 1 aromatic carbocycles. The number of H-pyrrole nitrogens is 1. The van der Waals surface area contributed by atoms with Crippen molar-refractivity contribution in [1.82, 2.24) is 9.97 Å². The topological polar surface area (TPSA) is 49.0 Å². The highest BCUT2D eigenvalue weighted by atomic mass is 16.1. The van der Waals surface area contributed by atoms with E-state index in [4.69, 9.17) is 0 Å². The monoisotopic (exact) mass is 305 g/mol. The zero-order valence-corrected chi connectivity index (χ0v) is 13.3. The molecule has 4 nitrogen and oxygen atoms in total. The van der Waals surface area contributed by atoms with Crippen LogP contribution in [-0.2, 0) is 12.0 Å². The van der Waals surface area contributed by atoms with E-state index in [1.807, 2.05) is 6.07 Å². The van der Waals surface area contributed by atoms with E-state index in [2.05, 4.69) is 53.0 Å². The highest BCUT2D eigenvalue weighted by molar-refractivity contribution is 5.91. The molecular formula is C19H19N3O. The molecule has 0 unspecified atom stereocenters. The van der Waals surface area contributed by atoms with E-state index in [1.165, 1.54) is 11.1 Å². The molecule has 0 atom stereocenters. The SMILES string of the molecule is CC1(C)CN(c2cc(=O)[nH]c3cnccc23)Cc2ccccc21. The molecule has 1 N–H and O–H groups in total. The van der Waals surface area contributed by atoms with E-state index in [0.29, 0.717) is 0 Å². The average Bonchev–Trinajstić information content (AvgIpc) is 2.53. The Labute approximate surface area is 134 Å². The van der Waals surface area contributed by atoms with Crippen molar-refractivity contribution in [2.45, 2.75) is 25.8 Å². The number of benzene rings is 1. The van der Waals surface area contributed by atoms with Crippen molar-refractivity contribution in [3.8, 4) is 0 Å². The van der Waals surface area contributed by atoms with Crippen molar-refractivity contribution in [2.24, 2.45) is 0 Å². The zero-order chi connectivity index (χ0) is 16.0. The lowest BCUT2D eigenvalue weighted by Gasteiger charge is -2.41. The number of rotatable bonds is 1. The Balaban J connectivity index is 1.89. The average molecular weight is 305 g/mol. The van der Waals surface area contributed by atoms with Gasteiger partial charge in [0.15, 0.2) is 0 Å². The molecule has 0 saturated heterocycles. The number of hydrogen-bond donors (Lipinski definition) is 1. The predicted octanol–water partition coefficient (Wildman–Crippen LogP) is 3.22. The van der Waals surface area contributed by atoms with Crippen LogP contribution in [0.25, 0.3) is 10.9 Å². The van der Waals surface area contributed by atoms with Crippen molar-refractivity contribution in [3.05, 3.63) is 70.3 Å². The molecule has 0 fully saturated rings. The van der Waals surface area contributed by atoms with Crippen LogP contribution >= 0.6 is 0 Å². The molecule has 4 rings (SSSR count). The number of nitrogens with zero attached hydrogens (tertiary/aromatic N) is 2. The molecule has 23 heavy (non-hydrogen) atoms. The van der Waals surface area contributed by atoms with Gasteiger partial charge in [-0.05, 0) is 17.2 Å². The lowest BCUT2D eigenvalue weighted by atomic mass is 9.78. The predicted molar refractivity (Wildman–Crippen MR) is 92.9 cm³/mol. The smallest absolute Gasteiger partial charge is 0.250 e. The van der Waals surface area contributed by atoms with Crippen LogP contribution in [0.5, 0.6) is 0 Å². The summed E-state index contributed by atoms with van der Waals surface area (Å²) in [5, 5.41) is 1.04. The summed E-state index contributed by atoms with van der Waals surface area (Å²) in [5.74, 6) is 0. The van der Waals surface area contributed by atoms with Gasteiger partial charge < -0.3 is 9.88 Å². The van der Waals surface area contributed by atoms with Crippen LogP contribution in [-0.4, -0.2) is 16.5 Å².